The number of hydrogen-bond donors (Lipinski definition) is 1. The SMILES string of the molecule is COCc1cc(=S)nc(C2CCCOC2)[nH]1. The number of rotatable bonds is 3. The highest BCUT2D eigenvalue weighted by Gasteiger charge is 2.18. The van der Waals surface area contributed by atoms with E-state index in [1.165, 1.54) is 0 Å². The van der Waals surface area contributed by atoms with Crippen molar-refractivity contribution in [2.75, 3.05) is 20.3 Å². The lowest BCUT2D eigenvalue weighted by Gasteiger charge is -2.21. The van der Waals surface area contributed by atoms with Gasteiger partial charge in [0.1, 0.15) is 10.5 Å². The molecule has 0 aliphatic carbocycles. The molecule has 0 radical (unpaired) electrons. The quantitative estimate of drug-likeness (QED) is 0.823. The fourth-order valence-electron chi connectivity index (χ4n) is 1.91. The van der Waals surface area contributed by atoms with E-state index in [4.69, 9.17) is 21.7 Å². The number of ether oxygens (including phenoxy) is 2. The van der Waals surface area contributed by atoms with Crippen molar-refractivity contribution >= 4 is 12.2 Å². The second-order valence-corrected chi connectivity index (χ2v) is 4.40. The molecule has 4 nitrogen and oxygen atoms in total. The molecule has 1 aliphatic heterocycles. The van der Waals surface area contributed by atoms with Crippen LogP contribution in [0.4, 0.5) is 0 Å². The average Bonchev–Trinajstić information content (AvgIpc) is 2.30. The molecule has 0 saturated carbocycles. The van der Waals surface area contributed by atoms with Gasteiger partial charge in [0.2, 0.25) is 0 Å². The molecule has 2 heterocycles. The van der Waals surface area contributed by atoms with E-state index in [-0.39, 0.29) is 0 Å². The molecule has 1 aromatic rings. The summed E-state index contributed by atoms with van der Waals surface area (Å²) in [6.45, 7) is 2.12. The molecule has 1 saturated heterocycles. The molecule has 88 valence electrons. The van der Waals surface area contributed by atoms with Crippen molar-refractivity contribution in [2.24, 2.45) is 0 Å². The van der Waals surface area contributed by atoms with Crippen molar-refractivity contribution < 1.29 is 9.47 Å². The van der Waals surface area contributed by atoms with Crippen LogP contribution in [0.5, 0.6) is 0 Å². The van der Waals surface area contributed by atoms with E-state index in [0.717, 1.165) is 37.6 Å². The van der Waals surface area contributed by atoms with Gasteiger partial charge in [0.15, 0.2) is 0 Å². The summed E-state index contributed by atoms with van der Waals surface area (Å²) in [4.78, 5) is 7.64. The summed E-state index contributed by atoms with van der Waals surface area (Å²) >= 11 is 5.14. The van der Waals surface area contributed by atoms with Crippen molar-refractivity contribution in [1.82, 2.24) is 9.97 Å². The molecule has 0 aromatic carbocycles. The van der Waals surface area contributed by atoms with Crippen LogP contribution in [-0.2, 0) is 16.1 Å². The van der Waals surface area contributed by atoms with Crippen LogP contribution in [-0.4, -0.2) is 30.3 Å². The normalized spacial score (nSPS) is 20.9. The Morgan fingerprint density at radius 1 is 1.69 bits per heavy atom. The second-order valence-electron chi connectivity index (χ2n) is 3.98. The Morgan fingerprint density at radius 3 is 3.25 bits per heavy atom. The minimum absolute atomic E-state index is 0.340. The lowest BCUT2D eigenvalue weighted by Crippen LogP contribution is -2.18. The molecule has 0 bridgehead atoms. The van der Waals surface area contributed by atoms with Crippen LogP contribution < -0.4 is 0 Å². The fourth-order valence-corrected chi connectivity index (χ4v) is 2.15. The first-order chi connectivity index (χ1) is 7.79. The third-order valence-corrected chi connectivity index (χ3v) is 2.87. The van der Waals surface area contributed by atoms with Gasteiger partial charge < -0.3 is 14.5 Å². The highest BCUT2D eigenvalue weighted by Crippen LogP contribution is 2.22. The number of nitrogens with zero attached hydrogens (tertiary/aromatic N) is 1. The van der Waals surface area contributed by atoms with E-state index in [2.05, 4.69) is 9.97 Å². The van der Waals surface area contributed by atoms with Gasteiger partial charge in [-0.2, -0.15) is 0 Å². The van der Waals surface area contributed by atoms with E-state index in [9.17, 15) is 0 Å². The summed E-state index contributed by atoms with van der Waals surface area (Å²) in [7, 11) is 1.67. The minimum atomic E-state index is 0.340. The maximum absolute atomic E-state index is 5.45. The number of aromatic nitrogens is 2. The van der Waals surface area contributed by atoms with Gasteiger partial charge in [-0.15, -0.1) is 0 Å². The molecule has 1 fully saturated rings. The summed E-state index contributed by atoms with van der Waals surface area (Å²) in [6, 6.07) is 1.84. The van der Waals surface area contributed by atoms with Crippen LogP contribution >= 0.6 is 12.2 Å². The summed E-state index contributed by atoms with van der Waals surface area (Å²) in [5.74, 6) is 1.27. The van der Waals surface area contributed by atoms with Crippen LogP contribution in [0, 0.1) is 4.64 Å². The molecule has 0 spiro atoms. The Hall–Kier alpha value is -0.780. The van der Waals surface area contributed by atoms with Gasteiger partial charge in [-0.3, -0.25) is 0 Å². The average molecular weight is 240 g/mol. The van der Waals surface area contributed by atoms with Gasteiger partial charge in [0.25, 0.3) is 0 Å². The summed E-state index contributed by atoms with van der Waals surface area (Å²) in [5.41, 5.74) is 0.975. The molecule has 1 N–H and O–H groups in total. The molecule has 16 heavy (non-hydrogen) atoms. The van der Waals surface area contributed by atoms with Gasteiger partial charge in [-0.25, -0.2) is 4.98 Å². The van der Waals surface area contributed by atoms with Crippen LogP contribution in [0.15, 0.2) is 6.07 Å². The second kappa shape index (κ2) is 5.52. The van der Waals surface area contributed by atoms with Gasteiger partial charge in [0, 0.05) is 25.3 Å². The van der Waals surface area contributed by atoms with E-state index < -0.39 is 0 Å². The smallest absolute Gasteiger partial charge is 0.130 e. The molecular weight excluding hydrogens is 224 g/mol. The molecular formula is C11H16N2O2S. The first-order valence-corrected chi connectivity index (χ1v) is 5.87. The van der Waals surface area contributed by atoms with Crippen LogP contribution in [0.1, 0.15) is 30.3 Å². The Morgan fingerprint density at radius 2 is 2.56 bits per heavy atom. The summed E-state index contributed by atoms with van der Waals surface area (Å²) < 4.78 is 11.2. The first kappa shape index (κ1) is 11.7. The van der Waals surface area contributed by atoms with Gasteiger partial charge in [0.05, 0.1) is 13.2 Å². The lowest BCUT2D eigenvalue weighted by atomic mass is 10.0. The molecule has 0 amide bonds. The first-order valence-electron chi connectivity index (χ1n) is 5.46. The maximum Gasteiger partial charge on any atom is 0.130 e. The van der Waals surface area contributed by atoms with Gasteiger partial charge >= 0.3 is 0 Å². The summed E-state index contributed by atoms with van der Waals surface area (Å²) in [5, 5.41) is 0. The highest BCUT2D eigenvalue weighted by molar-refractivity contribution is 7.71. The molecule has 5 heteroatoms. The highest BCUT2D eigenvalue weighted by atomic mass is 32.1. The largest absolute Gasteiger partial charge is 0.381 e. The molecule has 2 rings (SSSR count). The number of nitrogens with one attached hydrogen (secondary N) is 1. The van der Waals surface area contributed by atoms with E-state index in [1.807, 2.05) is 6.07 Å². The van der Waals surface area contributed by atoms with Crippen molar-refractivity contribution in [3.63, 3.8) is 0 Å². The van der Waals surface area contributed by atoms with Gasteiger partial charge in [-0.1, -0.05) is 12.2 Å². The molecule has 1 aliphatic rings. The van der Waals surface area contributed by atoms with Crippen molar-refractivity contribution in [2.45, 2.75) is 25.4 Å². The zero-order valence-corrected chi connectivity index (χ0v) is 10.2. The van der Waals surface area contributed by atoms with Crippen molar-refractivity contribution in [1.29, 1.82) is 0 Å². The minimum Gasteiger partial charge on any atom is -0.381 e. The van der Waals surface area contributed by atoms with Gasteiger partial charge in [-0.05, 0) is 18.9 Å². The number of H-pyrrole nitrogens is 1. The molecule has 1 atom stereocenters. The maximum atomic E-state index is 5.45. The molecule has 1 aromatic heterocycles. The van der Waals surface area contributed by atoms with Crippen LogP contribution in [0.3, 0.4) is 0 Å². The van der Waals surface area contributed by atoms with Crippen molar-refractivity contribution in [3.05, 3.63) is 22.2 Å². The predicted molar refractivity (Wildman–Crippen MR) is 62.9 cm³/mol. The monoisotopic (exact) mass is 240 g/mol. The Balaban J connectivity index is 2.21. The zero-order valence-electron chi connectivity index (χ0n) is 9.36. The standard InChI is InChI=1S/C11H16N2O2S/c1-14-7-9-5-10(16)13-11(12-9)8-3-2-4-15-6-8/h5,8H,2-4,6-7H2,1H3,(H,12,13,16). The Labute approximate surface area is 100 Å². The zero-order chi connectivity index (χ0) is 11.4. The molecule has 1 unspecified atom stereocenters. The predicted octanol–water partition coefficient (Wildman–Crippen LogP) is 2.18. The third kappa shape index (κ3) is 2.87. The van der Waals surface area contributed by atoms with Crippen LogP contribution in [0.25, 0.3) is 0 Å². The van der Waals surface area contributed by atoms with E-state index >= 15 is 0 Å². The fraction of sp³-hybridized carbons (Fsp3) is 0.636. The third-order valence-electron chi connectivity index (χ3n) is 2.66. The number of aromatic amines is 1. The van der Waals surface area contributed by atoms with E-state index in [1.54, 1.807) is 7.11 Å². The van der Waals surface area contributed by atoms with E-state index in [0.29, 0.717) is 17.2 Å². The lowest BCUT2D eigenvalue weighted by molar-refractivity contribution is 0.0777. The topological polar surface area (TPSA) is 47.1 Å². The van der Waals surface area contributed by atoms with Crippen molar-refractivity contribution in [3.8, 4) is 0 Å². The Bertz CT molecular complexity index is 399. The number of methoxy groups -OCH3 is 1. The number of hydrogen-bond acceptors (Lipinski definition) is 4. The van der Waals surface area contributed by atoms with Crippen LogP contribution in [0.2, 0.25) is 0 Å². The summed E-state index contributed by atoms with van der Waals surface area (Å²) in [6.07, 6.45) is 2.19. The Kier molecular flexibility index (Phi) is 4.04.